The van der Waals surface area contributed by atoms with Crippen molar-refractivity contribution in [3.63, 3.8) is 0 Å². The minimum Gasteiger partial charge on any atom is -0.465 e. The maximum atomic E-state index is 12.4. The second-order valence-electron chi connectivity index (χ2n) is 6.19. The quantitative estimate of drug-likeness (QED) is 0.550. The molecule has 0 spiro atoms. The van der Waals surface area contributed by atoms with E-state index in [4.69, 9.17) is 0 Å². The van der Waals surface area contributed by atoms with E-state index in [0.29, 0.717) is 16.8 Å². The van der Waals surface area contributed by atoms with Gasteiger partial charge in [0.05, 0.1) is 18.4 Å². The summed E-state index contributed by atoms with van der Waals surface area (Å²) in [6, 6.07) is 19.6. The molecule has 2 aromatic heterocycles. The molecule has 4 rings (SSSR count). The van der Waals surface area contributed by atoms with Crippen molar-refractivity contribution >= 4 is 23.2 Å². The van der Waals surface area contributed by atoms with E-state index in [0.717, 1.165) is 16.9 Å². The summed E-state index contributed by atoms with van der Waals surface area (Å²) >= 11 is 0. The fourth-order valence-corrected chi connectivity index (χ4v) is 2.88. The minimum atomic E-state index is -0.436. The molecule has 138 valence electrons. The van der Waals surface area contributed by atoms with Crippen molar-refractivity contribution in [1.29, 1.82) is 0 Å². The van der Waals surface area contributed by atoms with Crippen molar-refractivity contribution in [3.8, 4) is 11.3 Å². The molecule has 0 aliphatic carbocycles. The number of ether oxygens (including phenoxy) is 1. The third kappa shape index (κ3) is 3.48. The van der Waals surface area contributed by atoms with Crippen LogP contribution in [0.25, 0.3) is 16.9 Å². The molecule has 2 heterocycles. The molecule has 0 saturated carbocycles. The second-order valence-corrected chi connectivity index (χ2v) is 6.19. The highest BCUT2D eigenvalue weighted by molar-refractivity contribution is 6.04. The van der Waals surface area contributed by atoms with E-state index in [1.54, 1.807) is 24.3 Å². The molecule has 0 radical (unpaired) electrons. The van der Waals surface area contributed by atoms with E-state index in [2.05, 4.69) is 15.0 Å². The molecule has 0 fully saturated rings. The van der Waals surface area contributed by atoms with Crippen molar-refractivity contribution in [2.24, 2.45) is 0 Å². The first kappa shape index (κ1) is 17.5. The van der Waals surface area contributed by atoms with Crippen LogP contribution < -0.4 is 5.32 Å². The van der Waals surface area contributed by atoms with Gasteiger partial charge in [0.15, 0.2) is 0 Å². The SMILES string of the molecule is COC(=O)c1ccc(C(=O)Nc2ccc(-c3cn4ccccc4n3)cc2)cc1. The van der Waals surface area contributed by atoms with E-state index in [1.165, 1.54) is 7.11 Å². The Bertz CT molecular complexity index is 1110. The fourth-order valence-electron chi connectivity index (χ4n) is 2.88. The van der Waals surface area contributed by atoms with Crippen LogP contribution in [-0.4, -0.2) is 28.4 Å². The van der Waals surface area contributed by atoms with Gasteiger partial charge in [0.2, 0.25) is 0 Å². The summed E-state index contributed by atoms with van der Waals surface area (Å²) in [5.74, 6) is -0.689. The average molecular weight is 371 g/mol. The fraction of sp³-hybridized carbons (Fsp3) is 0.0455. The Hall–Kier alpha value is -3.93. The largest absolute Gasteiger partial charge is 0.465 e. The molecule has 0 atom stereocenters. The highest BCUT2D eigenvalue weighted by Gasteiger charge is 2.10. The molecule has 0 aliphatic rings. The first-order chi connectivity index (χ1) is 13.6. The van der Waals surface area contributed by atoms with Gasteiger partial charge in [0, 0.05) is 29.2 Å². The standard InChI is InChI=1S/C22H17N3O3/c1-28-22(27)17-7-5-16(6-8-17)21(26)23-18-11-9-15(10-12-18)19-14-25-13-3-2-4-20(25)24-19/h2-14H,1H3,(H,23,26). The molecule has 4 aromatic rings. The lowest BCUT2D eigenvalue weighted by Gasteiger charge is -2.07. The third-order valence-electron chi connectivity index (χ3n) is 4.37. The van der Waals surface area contributed by atoms with Crippen LogP contribution in [0.5, 0.6) is 0 Å². The van der Waals surface area contributed by atoms with Crippen LogP contribution >= 0.6 is 0 Å². The van der Waals surface area contributed by atoms with Gasteiger partial charge in [-0.3, -0.25) is 4.79 Å². The van der Waals surface area contributed by atoms with Crippen LogP contribution in [0.4, 0.5) is 5.69 Å². The van der Waals surface area contributed by atoms with Gasteiger partial charge < -0.3 is 14.5 Å². The Labute approximate surface area is 161 Å². The molecule has 2 aromatic carbocycles. The van der Waals surface area contributed by atoms with E-state index >= 15 is 0 Å². The topological polar surface area (TPSA) is 72.7 Å². The number of methoxy groups -OCH3 is 1. The summed E-state index contributed by atoms with van der Waals surface area (Å²) in [5, 5.41) is 2.85. The van der Waals surface area contributed by atoms with Crippen LogP contribution in [0.1, 0.15) is 20.7 Å². The first-order valence-corrected chi connectivity index (χ1v) is 8.68. The number of rotatable bonds is 4. The number of anilines is 1. The number of fused-ring (bicyclic) bond motifs is 1. The number of esters is 1. The van der Waals surface area contributed by atoms with Gasteiger partial charge in [-0.05, 0) is 48.5 Å². The molecule has 6 nitrogen and oxygen atoms in total. The molecule has 0 aliphatic heterocycles. The predicted octanol–water partition coefficient (Wildman–Crippen LogP) is 4.04. The number of aromatic nitrogens is 2. The zero-order valence-corrected chi connectivity index (χ0v) is 15.1. The van der Waals surface area contributed by atoms with E-state index in [1.807, 2.05) is 59.3 Å². The van der Waals surface area contributed by atoms with Crippen molar-refractivity contribution < 1.29 is 14.3 Å². The van der Waals surface area contributed by atoms with Crippen LogP contribution in [0.2, 0.25) is 0 Å². The number of benzene rings is 2. The maximum Gasteiger partial charge on any atom is 0.337 e. The summed E-state index contributed by atoms with van der Waals surface area (Å²) < 4.78 is 6.61. The third-order valence-corrected chi connectivity index (χ3v) is 4.37. The van der Waals surface area contributed by atoms with Crippen molar-refractivity contribution in [2.45, 2.75) is 0 Å². The highest BCUT2D eigenvalue weighted by Crippen LogP contribution is 2.21. The summed E-state index contributed by atoms with van der Waals surface area (Å²) in [6.45, 7) is 0. The molecule has 1 amide bonds. The number of carbonyl (C=O) groups excluding carboxylic acids is 2. The minimum absolute atomic E-state index is 0.253. The zero-order valence-electron chi connectivity index (χ0n) is 15.1. The summed E-state index contributed by atoms with van der Waals surface area (Å²) in [7, 11) is 1.32. The molecular formula is C22H17N3O3. The lowest BCUT2D eigenvalue weighted by Crippen LogP contribution is -2.12. The maximum absolute atomic E-state index is 12.4. The Morgan fingerprint density at radius 2 is 1.64 bits per heavy atom. The van der Waals surface area contributed by atoms with E-state index in [9.17, 15) is 9.59 Å². The number of nitrogens with one attached hydrogen (secondary N) is 1. The lowest BCUT2D eigenvalue weighted by molar-refractivity contribution is 0.0600. The van der Waals surface area contributed by atoms with Crippen LogP contribution in [0, 0.1) is 0 Å². The molecule has 1 N–H and O–H groups in total. The molecular weight excluding hydrogens is 354 g/mol. The number of carbonyl (C=O) groups is 2. The number of pyridine rings is 1. The van der Waals surface area contributed by atoms with E-state index in [-0.39, 0.29) is 5.91 Å². The summed E-state index contributed by atoms with van der Waals surface area (Å²) in [6.07, 6.45) is 3.91. The average Bonchev–Trinajstić information content (AvgIpc) is 3.18. The molecule has 28 heavy (non-hydrogen) atoms. The van der Waals surface area contributed by atoms with Crippen molar-refractivity contribution in [1.82, 2.24) is 9.38 Å². The summed E-state index contributed by atoms with van der Waals surface area (Å²) in [4.78, 5) is 28.4. The Morgan fingerprint density at radius 3 is 2.32 bits per heavy atom. The molecule has 0 unspecified atom stereocenters. The smallest absolute Gasteiger partial charge is 0.337 e. The molecule has 0 saturated heterocycles. The van der Waals surface area contributed by atoms with Gasteiger partial charge in [0.1, 0.15) is 5.65 Å². The Kier molecular flexibility index (Phi) is 4.60. The van der Waals surface area contributed by atoms with Crippen LogP contribution in [0.15, 0.2) is 79.1 Å². The highest BCUT2D eigenvalue weighted by atomic mass is 16.5. The normalized spacial score (nSPS) is 10.6. The van der Waals surface area contributed by atoms with Crippen LogP contribution in [0.3, 0.4) is 0 Å². The molecule has 0 bridgehead atoms. The predicted molar refractivity (Wildman–Crippen MR) is 106 cm³/mol. The van der Waals surface area contributed by atoms with Gasteiger partial charge in [0.25, 0.3) is 5.91 Å². The monoisotopic (exact) mass is 371 g/mol. The van der Waals surface area contributed by atoms with Crippen LogP contribution in [-0.2, 0) is 4.74 Å². The Morgan fingerprint density at radius 1 is 0.929 bits per heavy atom. The number of hydrogen-bond acceptors (Lipinski definition) is 4. The number of imidazole rings is 1. The van der Waals surface area contributed by atoms with Gasteiger partial charge in [-0.15, -0.1) is 0 Å². The van der Waals surface area contributed by atoms with Gasteiger partial charge >= 0.3 is 5.97 Å². The van der Waals surface area contributed by atoms with Gasteiger partial charge in [-0.1, -0.05) is 18.2 Å². The van der Waals surface area contributed by atoms with Crippen molar-refractivity contribution in [3.05, 3.63) is 90.3 Å². The second kappa shape index (κ2) is 7.36. The zero-order chi connectivity index (χ0) is 19.5. The van der Waals surface area contributed by atoms with Gasteiger partial charge in [-0.25, -0.2) is 9.78 Å². The number of hydrogen-bond donors (Lipinski definition) is 1. The summed E-state index contributed by atoms with van der Waals surface area (Å²) in [5.41, 5.74) is 4.24. The number of amides is 1. The van der Waals surface area contributed by atoms with E-state index < -0.39 is 5.97 Å². The Balaban J connectivity index is 1.48. The molecule has 6 heteroatoms. The number of nitrogens with zero attached hydrogens (tertiary/aromatic N) is 2. The van der Waals surface area contributed by atoms with Gasteiger partial charge in [-0.2, -0.15) is 0 Å². The lowest BCUT2D eigenvalue weighted by atomic mass is 10.1. The van der Waals surface area contributed by atoms with Crippen molar-refractivity contribution in [2.75, 3.05) is 12.4 Å². The first-order valence-electron chi connectivity index (χ1n) is 8.68.